The molecule has 3 nitrogen and oxygen atoms in total. The van der Waals surface area contributed by atoms with Gasteiger partial charge < -0.3 is 10.2 Å². The van der Waals surface area contributed by atoms with Crippen molar-refractivity contribution < 1.29 is 15.0 Å². The van der Waals surface area contributed by atoms with Crippen molar-refractivity contribution in [2.24, 2.45) is 5.92 Å². The summed E-state index contributed by atoms with van der Waals surface area (Å²) in [6.07, 6.45) is 2.84. The van der Waals surface area contributed by atoms with Crippen LogP contribution in [0.2, 0.25) is 0 Å². The number of carboxylic acid groups (broad SMARTS) is 1. The minimum absolute atomic E-state index is 0.533. The summed E-state index contributed by atoms with van der Waals surface area (Å²) in [6.45, 7) is 1.95. The molecule has 0 aromatic heterocycles. The first-order valence-electron chi connectivity index (χ1n) is 6.60. The summed E-state index contributed by atoms with van der Waals surface area (Å²) in [6, 6.07) is 10.0. The van der Waals surface area contributed by atoms with E-state index < -0.39 is 18.0 Å². The van der Waals surface area contributed by atoms with E-state index in [1.165, 1.54) is 5.56 Å². The smallest absolute Gasteiger partial charge is 0.309 e. The van der Waals surface area contributed by atoms with Gasteiger partial charge in [-0.2, -0.15) is 0 Å². The molecule has 100 valence electrons. The molecule has 0 spiro atoms. The molecule has 1 rings (SSSR count). The normalized spacial score (nSPS) is 14.1. The average Bonchev–Trinajstić information content (AvgIpc) is 2.35. The average molecular weight is 250 g/mol. The Bertz CT molecular complexity index is 348. The Morgan fingerprint density at radius 3 is 2.44 bits per heavy atom. The molecule has 0 saturated heterocycles. The second-order valence-corrected chi connectivity index (χ2v) is 4.68. The van der Waals surface area contributed by atoms with Crippen LogP contribution in [0, 0.1) is 5.92 Å². The van der Waals surface area contributed by atoms with Gasteiger partial charge >= 0.3 is 5.97 Å². The topological polar surface area (TPSA) is 57.5 Å². The van der Waals surface area contributed by atoms with Crippen molar-refractivity contribution in [3.05, 3.63) is 35.9 Å². The monoisotopic (exact) mass is 250 g/mol. The molecule has 3 heteroatoms. The Morgan fingerprint density at radius 2 is 1.89 bits per heavy atom. The minimum Gasteiger partial charge on any atom is -0.481 e. The summed E-state index contributed by atoms with van der Waals surface area (Å²) in [7, 11) is 0. The van der Waals surface area contributed by atoms with Crippen LogP contribution in [0.4, 0.5) is 0 Å². The van der Waals surface area contributed by atoms with Crippen molar-refractivity contribution in [3.63, 3.8) is 0 Å². The predicted molar refractivity (Wildman–Crippen MR) is 71.4 cm³/mol. The van der Waals surface area contributed by atoms with E-state index in [1.54, 1.807) is 0 Å². The third-order valence-electron chi connectivity index (χ3n) is 3.19. The van der Waals surface area contributed by atoms with E-state index >= 15 is 0 Å². The number of carbonyl (C=O) groups is 1. The highest BCUT2D eigenvalue weighted by molar-refractivity contribution is 5.70. The molecule has 0 aliphatic heterocycles. The van der Waals surface area contributed by atoms with Crippen molar-refractivity contribution in [1.29, 1.82) is 0 Å². The van der Waals surface area contributed by atoms with Crippen molar-refractivity contribution in [1.82, 2.24) is 0 Å². The maximum absolute atomic E-state index is 11.1. The fourth-order valence-electron chi connectivity index (χ4n) is 2.15. The number of carboxylic acids is 1. The highest BCUT2D eigenvalue weighted by atomic mass is 16.4. The van der Waals surface area contributed by atoms with Crippen LogP contribution in [-0.4, -0.2) is 22.3 Å². The van der Waals surface area contributed by atoms with Gasteiger partial charge in [0.15, 0.2) is 0 Å². The van der Waals surface area contributed by atoms with Crippen LogP contribution < -0.4 is 0 Å². The highest BCUT2D eigenvalue weighted by Gasteiger charge is 2.25. The largest absolute Gasteiger partial charge is 0.481 e. The van der Waals surface area contributed by atoms with Gasteiger partial charge in [0.2, 0.25) is 0 Å². The summed E-state index contributed by atoms with van der Waals surface area (Å²) in [5.41, 5.74) is 1.21. The first-order valence-corrected chi connectivity index (χ1v) is 6.60. The van der Waals surface area contributed by atoms with Crippen LogP contribution in [0.25, 0.3) is 0 Å². The lowest BCUT2D eigenvalue weighted by Gasteiger charge is -2.18. The number of hydrogen-bond acceptors (Lipinski definition) is 2. The molecular formula is C15H22O3. The number of aryl methyl sites for hydroxylation is 1. The molecule has 0 amide bonds. The van der Waals surface area contributed by atoms with Crippen molar-refractivity contribution in [2.75, 3.05) is 0 Å². The number of hydrogen-bond donors (Lipinski definition) is 2. The van der Waals surface area contributed by atoms with Gasteiger partial charge in [-0.1, -0.05) is 43.7 Å². The van der Waals surface area contributed by atoms with Gasteiger partial charge in [0.1, 0.15) is 0 Å². The maximum Gasteiger partial charge on any atom is 0.309 e. The summed E-state index contributed by atoms with van der Waals surface area (Å²) in [5, 5.41) is 18.9. The zero-order chi connectivity index (χ0) is 13.4. The van der Waals surface area contributed by atoms with Gasteiger partial charge in [0.05, 0.1) is 12.0 Å². The molecule has 2 atom stereocenters. The predicted octanol–water partition coefficient (Wildman–Crippen LogP) is 2.87. The molecule has 0 bridgehead atoms. The zero-order valence-electron chi connectivity index (χ0n) is 10.9. The molecule has 0 unspecified atom stereocenters. The van der Waals surface area contributed by atoms with E-state index in [9.17, 15) is 9.90 Å². The van der Waals surface area contributed by atoms with Crippen molar-refractivity contribution in [2.45, 2.75) is 45.1 Å². The third kappa shape index (κ3) is 4.88. The summed E-state index contributed by atoms with van der Waals surface area (Å²) in [4.78, 5) is 11.1. The quantitative estimate of drug-likeness (QED) is 0.746. The second kappa shape index (κ2) is 7.88. The molecule has 0 radical (unpaired) electrons. The van der Waals surface area contributed by atoms with Gasteiger partial charge in [-0.05, 0) is 31.2 Å². The van der Waals surface area contributed by atoms with Gasteiger partial charge in [-0.15, -0.1) is 0 Å². The number of aliphatic hydroxyl groups excluding tert-OH is 1. The summed E-state index contributed by atoms with van der Waals surface area (Å²) in [5.74, 6) is -1.52. The van der Waals surface area contributed by atoms with Crippen molar-refractivity contribution >= 4 is 5.97 Å². The van der Waals surface area contributed by atoms with Crippen LogP contribution in [0.5, 0.6) is 0 Å². The van der Waals surface area contributed by atoms with E-state index in [-0.39, 0.29) is 0 Å². The lowest BCUT2D eigenvalue weighted by Crippen LogP contribution is -2.28. The first kappa shape index (κ1) is 14.7. The van der Waals surface area contributed by atoms with E-state index in [2.05, 4.69) is 0 Å². The Labute approximate surface area is 108 Å². The molecule has 0 saturated carbocycles. The van der Waals surface area contributed by atoms with E-state index in [0.29, 0.717) is 12.8 Å². The Balaban J connectivity index is 2.41. The third-order valence-corrected chi connectivity index (χ3v) is 3.19. The van der Waals surface area contributed by atoms with Gasteiger partial charge in [-0.25, -0.2) is 0 Å². The van der Waals surface area contributed by atoms with Crippen LogP contribution in [0.3, 0.4) is 0 Å². The Morgan fingerprint density at radius 1 is 1.22 bits per heavy atom. The number of aliphatic hydroxyl groups is 1. The summed E-state index contributed by atoms with van der Waals surface area (Å²) >= 11 is 0. The molecule has 0 aliphatic rings. The Hall–Kier alpha value is -1.35. The number of aliphatic carboxylic acids is 1. The standard InChI is InChI=1S/C15H22O3/c1-2-7-14(16)13(15(17)18)11-6-10-12-8-4-3-5-9-12/h3-5,8-9,13-14,16H,2,6-7,10-11H2,1H3,(H,17,18)/t13-,14-/m1/s1. The zero-order valence-corrected chi connectivity index (χ0v) is 10.9. The molecule has 0 aliphatic carbocycles. The van der Waals surface area contributed by atoms with Crippen molar-refractivity contribution in [3.8, 4) is 0 Å². The van der Waals surface area contributed by atoms with Gasteiger partial charge in [-0.3, -0.25) is 4.79 Å². The highest BCUT2D eigenvalue weighted by Crippen LogP contribution is 2.18. The maximum atomic E-state index is 11.1. The van der Waals surface area contributed by atoms with Gasteiger partial charge in [0.25, 0.3) is 0 Å². The molecule has 1 aromatic carbocycles. The molecule has 0 heterocycles. The molecular weight excluding hydrogens is 228 g/mol. The van der Waals surface area contributed by atoms with Crippen LogP contribution >= 0.6 is 0 Å². The lowest BCUT2D eigenvalue weighted by atomic mass is 9.92. The van der Waals surface area contributed by atoms with Crippen LogP contribution in [-0.2, 0) is 11.2 Å². The fraction of sp³-hybridized carbons (Fsp3) is 0.533. The summed E-state index contributed by atoms with van der Waals surface area (Å²) < 4.78 is 0. The molecule has 1 aromatic rings. The molecule has 0 fully saturated rings. The van der Waals surface area contributed by atoms with E-state index in [0.717, 1.165) is 19.3 Å². The first-order chi connectivity index (χ1) is 8.65. The molecule has 2 N–H and O–H groups in total. The minimum atomic E-state index is -0.885. The lowest BCUT2D eigenvalue weighted by molar-refractivity contribution is -0.146. The van der Waals surface area contributed by atoms with Gasteiger partial charge in [0, 0.05) is 0 Å². The van der Waals surface area contributed by atoms with Crippen LogP contribution in [0.1, 0.15) is 38.2 Å². The molecule has 18 heavy (non-hydrogen) atoms. The number of rotatable bonds is 8. The fourth-order valence-corrected chi connectivity index (χ4v) is 2.15. The van der Waals surface area contributed by atoms with E-state index in [4.69, 9.17) is 5.11 Å². The van der Waals surface area contributed by atoms with Crippen LogP contribution in [0.15, 0.2) is 30.3 Å². The SMILES string of the molecule is CCC[C@@H](O)[C@@H](CCCc1ccccc1)C(=O)O. The van der Waals surface area contributed by atoms with E-state index in [1.807, 2.05) is 37.3 Å². The Kier molecular flexibility index (Phi) is 6.44. The number of benzene rings is 1. The second-order valence-electron chi connectivity index (χ2n) is 4.68.